The molecule has 0 radical (unpaired) electrons. The molecule has 5 nitrogen and oxygen atoms in total. The van der Waals surface area contributed by atoms with Gasteiger partial charge in [-0.2, -0.15) is 0 Å². The van der Waals surface area contributed by atoms with E-state index in [9.17, 15) is 9.59 Å². The molecule has 1 heterocycles. The van der Waals surface area contributed by atoms with Crippen LogP contribution in [0.15, 0.2) is 41.3 Å². The molecule has 0 aliphatic rings. The van der Waals surface area contributed by atoms with E-state index in [0.717, 1.165) is 0 Å². The zero-order valence-corrected chi connectivity index (χ0v) is 13.0. The van der Waals surface area contributed by atoms with Gasteiger partial charge in [-0.1, -0.05) is 26.0 Å². The van der Waals surface area contributed by atoms with Crippen LogP contribution in [0.1, 0.15) is 31.0 Å². The van der Waals surface area contributed by atoms with Crippen LogP contribution in [0, 0.1) is 6.92 Å². The van der Waals surface area contributed by atoms with Crippen LogP contribution in [0.5, 0.6) is 5.75 Å². The Morgan fingerprint density at radius 2 is 1.91 bits per heavy atom. The third-order valence-corrected chi connectivity index (χ3v) is 3.31. The molecule has 0 saturated heterocycles. The Kier molecular flexibility index (Phi) is 4.99. The average Bonchev–Trinajstić information content (AvgIpc) is 2.47. The fourth-order valence-corrected chi connectivity index (χ4v) is 2.03. The number of hydrogen-bond acceptors (Lipinski definition) is 3. The lowest BCUT2D eigenvalue weighted by Gasteiger charge is -2.10. The van der Waals surface area contributed by atoms with E-state index in [0.29, 0.717) is 17.3 Å². The topological polar surface area (TPSA) is 71.2 Å². The van der Waals surface area contributed by atoms with E-state index in [1.807, 2.05) is 24.3 Å². The normalized spacial score (nSPS) is 10.5. The highest BCUT2D eigenvalue weighted by atomic mass is 16.5. The molecule has 0 fully saturated rings. The summed E-state index contributed by atoms with van der Waals surface area (Å²) in [6, 6.07) is 9.03. The Hall–Kier alpha value is -2.56. The number of aromatic nitrogens is 1. The zero-order valence-electron chi connectivity index (χ0n) is 13.0. The van der Waals surface area contributed by atoms with Crippen molar-refractivity contribution in [2.75, 3.05) is 11.9 Å². The number of ether oxygens (including phenoxy) is 1. The van der Waals surface area contributed by atoms with Gasteiger partial charge in [-0.15, -0.1) is 0 Å². The van der Waals surface area contributed by atoms with Crippen molar-refractivity contribution in [1.82, 2.24) is 4.98 Å². The van der Waals surface area contributed by atoms with Crippen LogP contribution < -0.4 is 15.5 Å². The van der Waals surface area contributed by atoms with Crippen LogP contribution >= 0.6 is 0 Å². The minimum Gasteiger partial charge on any atom is -0.478 e. The monoisotopic (exact) mass is 300 g/mol. The van der Waals surface area contributed by atoms with Crippen LogP contribution in [0.2, 0.25) is 0 Å². The summed E-state index contributed by atoms with van der Waals surface area (Å²) in [6.07, 6.45) is 1.54. The first kappa shape index (κ1) is 15.8. The number of nitrogens with one attached hydrogen (secondary N) is 2. The highest BCUT2D eigenvalue weighted by molar-refractivity contribution is 5.91. The van der Waals surface area contributed by atoms with Crippen LogP contribution in [0.4, 0.5) is 5.69 Å². The number of carbonyl (C=O) groups is 1. The lowest BCUT2D eigenvalue weighted by atomic mass is 10.0. The Balaban J connectivity index is 1.94. The Labute approximate surface area is 129 Å². The van der Waals surface area contributed by atoms with Crippen LogP contribution in [-0.2, 0) is 4.79 Å². The van der Waals surface area contributed by atoms with Crippen LogP contribution in [0.25, 0.3) is 0 Å². The van der Waals surface area contributed by atoms with Crippen molar-refractivity contribution in [2.24, 2.45) is 0 Å². The first-order valence-corrected chi connectivity index (χ1v) is 7.18. The summed E-state index contributed by atoms with van der Waals surface area (Å²) >= 11 is 0. The molecule has 2 N–H and O–H groups in total. The molecule has 0 spiro atoms. The van der Waals surface area contributed by atoms with Gasteiger partial charge in [0.15, 0.2) is 12.4 Å². The van der Waals surface area contributed by atoms with E-state index in [1.54, 1.807) is 13.1 Å². The third kappa shape index (κ3) is 3.97. The van der Waals surface area contributed by atoms with Crippen molar-refractivity contribution in [3.05, 3.63) is 58.0 Å². The molecular formula is C17H20N2O3. The quantitative estimate of drug-likeness (QED) is 0.892. The van der Waals surface area contributed by atoms with E-state index in [2.05, 4.69) is 24.1 Å². The predicted octanol–water partition coefficient (Wildman–Crippen LogP) is 2.82. The highest BCUT2D eigenvalue weighted by Crippen LogP contribution is 2.17. The smallest absolute Gasteiger partial charge is 0.262 e. The van der Waals surface area contributed by atoms with Crippen molar-refractivity contribution in [1.29, 1.82) is 0 Å². The summed E-state index contributed by atoms with van der Waals surface area (Å²) in [5.74, 6) is 0.314. The second-order valence-corrected chi connectivity index (χ2v) is 5.41. The molecule has 0 aliphatic heterocycles. The highest BCUT2D eigenvalue weighted by Gasteiger charge is 2.08. The summed E-state index contributed by atoms with van der Waals surface area (Å²) in [5.41, 5.74) is 2.27. The van der Waals surface area contributed by atoms with Crippen molar-refractivity contribution < 1.29 is 9.53 Å². The summed E-state index contributed by atoms with van der Waals surface area (Å²) in [6.45, 7) is 5.74. The molecule has 2 rings (SSSR count). The zero-order chi connectivity index (χ0) is 16.1. The maximum atomic E-state index is 11.9. The lowest BCUT2D eigenvalue weighted by molar-refractivity contribution is -0.118. The SMILES string of the molecule is Cc1[nH]ccc(=O)c1OCC(=O)Nc1ccc(C(C)C)cc1. The molecule has 22 heavy (non-hydrogen) atoms. The van der Waals surface area contributed by atoms with Gasteiger partial charge in [-0.05, 0) is 30.5 Å². The number of anilines is 1. The predicted molar refractivity (Wildman–Crippen MR) is 86.5 cm³/mol. The van der Waals surface area contributed by atoms with E-state index in [4.69, 9.17) is 4.74 Å². The van der Waals surface area contributed by atoms with E-state index in [1.165, 1.54) is 11.6 Å². The minimum atomic E-state index is -0.306. The molecule has 0 saturated carbocycles. The molecule has 1 aromatic heterocycles. The first-order valence-electron chi connectivity index (χ1n) is 7.18. The van der Waals surface area contributed by atoms with Gasteiger partial charge in [0.05, 0.1) is 5.69 Å². The van der Waals surface area contributed by atoms with Gasteiger partial charge in [-0.3, -0.25) is 9.59 Å². The minimum absolute atomic E-state index is 0.174. The number of rotatable bonds is 5. The van der Waals surface area contributed by atoms with Crippen LogP contribution in [-0.4, -0.2) is 17.5 Å². The standard InChI is InChI=1S/C17H20N2O3/c1-11(2)13-4-6-14(7-5-13)19-16(21)10-22-17-12(3)18-9-8-15(17)20/h4-9,11H,10H2,1-3H3,(H,18,20)(H,19,21). The summed E-state index contributed by atoms with van der Waals surface area (Å²) in [4.78, 5) is 26.4. The van der Waals surface area contributed by atoms with Crippen molar-refractivity contribution in [3.8, 4) is 5.75 Å². The van der Waals surface area contributed by atoms with Gasteiger partial charge in [0.1, 0.15) is 0 Å². The maximum Gasteiger partial charge on any atom is 0.262 e. The number of H-pyrrole nitrogens is 1. The van der Waals surface area contributed by atoms with Gasteiger partial charge >= 0.3 is 0 Å². The largest absolute Gasteiger partial charge is 0.478 e. The number of aromatic amines is 1. The first-order chi connectivity index (χ1) is 10.5. The maximum absolute atomic E-state index is 11.9. The van der Waals surface area contributed by atoms with E-state index < -0.39 is 0 Å². The van der Waals surface area contributed by atoms with Crippen LogP contribution in [0.3, 0.4) is 0 Å². The molecule has 1 aromatic carbocycles. The second kappa shape index (κ2) is 6.93. The third-order valence-electron chi connectivity index (χ3n) is 3.31. The summed E-state index contributed by atoms with van der Waals surface area (Å²) in [5, 5.41) is 2.74. The molecule has 0 atom stereocenters. The van der Waals surface area contributed by atoms with Gasteiger partial charge in [-0.25, -0.2) is 0 Å². The number of benzene rings is 1. The lowest BCUT2D eigenvalue weighted by Crippen LogP contribution is -2.22. The second-order valence-electron chi connectivity index (χ2n) is 5.41. The summed E-state index contributed by atoms with van der Waals surface area (Å²) in [7, 11) is 0. The van der Waals surface area contributed by atoms with Gasteiger partial charge < -0.3 is 15.0 Å². The molecule has 0 bridgehead atoms. The molecule has 116 valence electrons. The number of pyridine rings is 1. The van der Waals surface area contributed by atoms with Crippen molar-refractivity contribution in [2.45, 2.75) is 26.7 Å². The van der Waals surface area contributed by atoms with E-state index >= 15 is 0 Å². The fourth-order valence-electron chi connectivity index (χ4n) is 2.03. The number of hydrogen-bond donors (Lipinski definition) is 2. The Morgan fingerprint density at radius 1 is 1.23 bits per heavy atom. The van der Waals surface area contributed by atoms with Gasteiger partial charge in [0.25, 0.3) is 5.91 Å². The van der Waals surface area contributed by atoms with Crippen molar-refractivity contribution in [3.63, 3.8) is 0 Å². The Bertz CT molecular complexity index is 703. The molecule has 5 heteroatoms. The molecule has 0 aliphatic carbocycles. The Morgan fingerprint density at radius 3 is 2.50 bits per heavy atom. The molecule has 2 aromatic rings. The average molecular weight is 300 g/mol. The number of carbonyl (C=O) groups excluding carboxylic acids is 1. The molecule has 1 amide bonds. The summed E-state index contributed by atoms with van der Waals surface area (Å²) < 4.78 is 5.31. The van der Waals surface area contributed by atoms with Crippen molar-refractivity contribution >= 4 is 11.6 Å². The fraction of sp³-hybridized carbons (Fsp3) is 0.294. The number of amides is 1. The molecular weight excluding hydrogens is 280 g/mol. The van der Waals surface area contributed by atoms with Gasteiger partial charge in [0.2, 0.25) is 5.43 Å². The number of aryl methyl sites for hydroxylation is 1. The van der Waals surface area contributed by atoms with E-state index in [-0.39, 0.29) is 23.7 Å². The van der Waals surface area contributed by atoms with Gasteiger partial charge in [0, 0.05) is 18.0 Å². The molecule has 0 unspecified atom stereocenters.